The first-order valence-electron chi connectivity index (χ1n) is 9.17. The van der Waals surface area contributed by atoms with E-state index in [1.807, 2.05) is 17.0 Å². The Morgan fingerprint density at radius 2 is 1.93 bits per heavy atom. The molecular formula is C21H21BrN2O3S. The van der Waals surface area contributed by atoms with Gasteiger partial charge in [0.2, 0.25) is 0 Å². The molecule has 0 bridgehead atoms. The van der Waals surface area contributed by atoms with Crippen LogP contribution in [0, 0.1) is 0 Å². The Balaban J connectivity index is 1.50. The van der Waals surface area contributed by atoms with E-state index in [9.17, 15) is 4.79 Å². The Morgan fingerprint density at radius 3 is 2.61 bits per heavy atom. The number of carbonyl (C=O) groups is 1. The van der Waals surface area contributed by atoms with E-state index in [0.29, 0.717) is 40.5 Å². The molecule has 0 unspecified atom stereocenters. The molecule has 2 aromatic carbocycles. The van der Waals surface area contributed by atoms with Crippen molar-refractivity contribution < 1.29 is 14.3 Å². The number of para-hydroxylation sites is 1. The Kier molecular flexibility index (Phi) is 5.55. The highest BCUT2D eigenvalue weighted by molar-refractivity contribution is 9.10. The summed E-state index contributed by atoms with van der Waals surface area (Å²) in [6.45, 7) is 1.41. The minimum absolute atomic E-state index is 0.0285. The lowest BCUT2D eigenvalue weighted by Crippen LogP contribution is -2.38. The maximum absolute atomic E-state index is 13.1. The van der Waals surface area contributed by atoms with Gasteiger partial charge in [0.1, 0.15) is 11.5 Å². The van der Waals surface area contributed by atoms with Crippen LogP contribution in [-0.4, -0.2) is 43.1 Å². The van der Waals surface area contributed by atoms with Gasteiger partial charge in [-0.2, -0.15) is 0 Å². The number of aromatic nitrogens is 1. The summed E-state index contributed by atoms with van der Waals surface area (Å²) in [6.07, 6.45) is 1.83. The van der Waals surface area contributed by atoms with Crippen LogP contribution in [0.15, 0.2) is 40.9 Å². The van der Waals surface area contributed by atoms with E-state index in [-0.39, 0.29) is 5.91 Å². The summed E-state index contributed by atoms with van der Waals surface area (Å²) in [5.74, 6) is 1.54. The van der Waals surface area contributed by atoms with Crippen molar-refractivity contribution in [1.82, 2.24) is 9.88 Å². The van der Waals surface area contributed by atoms with Gasteiger partial charge in [-0.1, -0.05) is 12.1 Å². The Bertz CT molecular complexity index is 979. The van der Waals surface area contributed by atoms with Crippen molar-refractivity contribution in [3.63, 3.8) is 0 Å². The number of hydrogen-bond acceptors (Lipinski definition) is 5. The van der Waals surface area contributed by atoms with Crippen LogP contribution in [0.4, 0.5) is 0 Å². The van der Waals surface area contributed by atoms with Crippen molar-refractivity contribution >= 4 is 43.4 Å². The molecule has 3 aromatic rings. The predicted molar refractivity (Wildman–Crippen MR) is 115 cm³/mol. The number of halogens is 1. The van der Waals surface area contributed by atoms with Gasteiger partial charge < -0.3 is 14.4 Å². The van der Waals surface area contributed by atoms with Crippen LogP contribution in [-0.2, 0) is 0 Å². The molecule has 1 fully saturated rings. The maximum atomic E-state index is 13.1. The summed E-state index contributed by atoms with van der Waals surface area (Å²) in [7, 11) is 3.16. The van der Waals surface area contributed by atoms with Crippen molar-refractivity contribution in [2.75, 3.05) is 27.3 Å². The van der Waals surface area contributed by atoms with Gasteiger partial charge in [0.05, 0.1) is 39.5 Å². The molecule has 1 aliphatic rings. The van der Waals surface area contributed by atoms with Gasteiger partial charge in [0.25, 0.3) is 5.91 Å². The molecule has 0 N–H and O–H groups in total. The van der Waals surface area contributed by atoms with Crippen molar-refractivity contribution in [2.45, 2.75) is 18.8 Å². The number of fused-ring (bicyclic) bond motifs is 1. The fourth-order valence-electron chi connectivity index (χ4n) is 3.62. The lowest BCUT2D eigenvalue weighted by Gasteiger charge is -2.31. The molecule has 0 radical (unpaired) electrons. The Hall–Kier alpha value is -2.12. The third kappa shape index (κ3) is 3.61. The topological polar surface area (TPSA) is 51.7 Å². The van der Waals surface area contributed by atoms with Crippen LogP contribution in [0.2, 0.25) is 0 Å². The first kappa shape index (κ1) is 19.2. The first-order chi connectivity index (χ1) is 13.6. The highest BCUT2D eigenvalue weighted by Crippen LogP contribution is 2.37. The van der Waals surface area contributed by atoms with E-state index in [1.54, 1.807) is 37.7 Å². The van der Waals surface area contributed by atoms with Crippen molar-refractivity contribution in [3.05, 3.63) is 51.4 Å². The summed E-state index contributed by atoms with van der Waals surface area (Å²) in [4.78, 5) is 19.8. The molecule has 0 atom stereocenters. The van der Waals surface area contributed by atoms with Crippen molar-refractivity contribution in [2.24, 2.45) is 0 Å². The average Bonchev–Trinajstić information content (AvgIpc) is 3.17. The number of ether oxygens (including phenoxy) is 2. The number of amides is 1. The Morgan fingerprint density at radius 1 is 1.18 bits per heavy atom. The number of rotatable bonds is 4. The lowest BCUT2D eigenvalue weighted by molar-refractivity contribution is 0.0709. The molecule has 7 heteroatoms. The second-order valence-electron chi connectivity index (χ2n) is 6.78. The third-order valence-electron chi connectivity index (χ3n) is 5.13. The standard InChI is InChI=1S/C21H21BrN2O3S/c1-26-14-11-15(19(27-2)16(22)12-14)21(25)24-9-7-13(8-10-24)20-23-17-5-3-4-6-18(17)28-20/h3-6,11-13H,7-10H2,1-2H3. The molecule has 5 nitrogen and oxygen atoms in total. The number of likely N-dealkylation sites (tertiary alicyclic amines) is 1. The summed E-state index contributed by atoms with van der Waals surface area (Å²) in [5, 5.41) is 1.18. The predicted octanol–water partition coefficient (Wildman–Crippen LogP) is 5.10. The summed E-state index contributed by atoms with van der Waals surface area (Å²) in [5.41, 5.74) is 1.58. The molecule has 28 heavy (non-hydrogen) atoms. The van der Waals surface area contributed by atoms with Gasteiger partial charge in [0, 0.05) is 19.0 Å². The number of piperidine rings is 1. The summed E-state index contributed by atoms with van der Waals surface area (Å²) < 4.78 is 12.7. The average molecular weight is 461 g/mol. The molecule has 0 saturated carbocycles. The second-order valence-corrected chi connectivity index (χ2v) is 8.69. The third-order valence-corrected chi connectivity index (χ3v) is 6.92. The van der Waals surface area contributed by atoms with Gasteiger partial charge in [-0.05, 0) is 53.0 Å². The number of nitrogens with zero attached hydrogens (tertiary/aromatic N) is 2. The molecule has 1 amide bonds. The van der Waals surface area contributed by atoms with Crippen LogP contribution < -0.4 is 9.47 Å². The molecule has 1 aromatic heterocycles. The zero-order valence-corrected chi connectivity index (χ0v) is 18.2. The number of carbonyl (C=O) groups excluding carboxylic acids is 1. The fraction of sp³-hybridized carbons (Fsp3) is 0.333. The SMILES string of the molecule is COc1cc(Br)c(OC)c(C(=O)N2CCC(c3nc4ccccc4s3)CC2)c1. The van der Waals surface area contributed by atoms with Crippen LogP contribution >= 0.6 is 27.3 Å². The zero-order valence-electron chi connectivity index (χ0n) is 15.8. The van der Waals surface area contributed by atoms with Gasteiger partial charge in [-0.15, -0.1) is 11.3 Å². The number of methoxy groups -OCH3 is 2. The van der Waals surface area contributed by atoms with Gasteiger partial charge in [0.15, 0.2) is 0 Å². The summed E-state index contributed by atoms with van der Waals surface area (Å²) >= 11 is 5.23. The van der Waals surface area contributed by atoms with Crippen molar-refractivity contribution in [3.8, 4) is 11.5 Å². The van der Waals surface area contributed by atoms with E-state index < -0.39 is 0 Å². The molecule has 2 heterocycles. The van der Waals surface area contributed by atoms with E-state index in [2.05, 4.69) is 28.1 Å². The largest absolute Gasteiger partial charge is 0.497 e. The molecule has 0 aliphatic carbocycles. The van der Waals surface area contributed by atoms with E-state index in [1.165, 1.54) is 9.71 Å². The minimum Gasteiger partial charge on any atom is -0.497 e. The molecule has 4 rings (SSSR count). The summed E-state index contributed by atoms with van der Waals surface area (Å²) in [6, 6.07) is 11.8. The first-order valence-corrected chi connectivity index (χ1v) is 10.8. The monoisotopic (exact) mass is 460 g/mol. The van der Waals surface area contributed by atoms with Gasteiger partial charge >= 0.3 is 0 Å². The molecule has 1 saturated heterocycles. The molecule has 1 aliphatic heterocycles. The highest BCUT2D eigenvalue weighted by atomic mass is 79.9. The lowest BCUT2D eigenvalue weighted by atomic mass is 9.97. The van der Waals surface area contributed by atoms with E-state index >= 15 is 0 Å². The number of hydrogen-bond donors (Lipinski definition) is 0. The number of thiazole rings is 1. The smallest absolute Gasteiger partial charge is 0.257 e. The Labute approximate surface area is 176 Å². The normalized spacial score (nSPS) is 15.0. The molecule has 0 spiro atoms. The zero-order chi connectivity index (χ0) is 19.7. The number of benzene rings is 2. The van der Waals surface area contributed by atoms with Crippen molar-refractivity contribution in [1.29, 1.82) is 0 Å². The fourth-order valence-corrected chi connectivity index (χ4v) is 5.35. The van der Waals surface area contributed by atoms with Crippen LogP contribution in [0.25, 0.3) is 10.2 Å². The van der Waals surface area contributed by atoms with E-state index in [0.717, 1.165) is 18.4 Å². The van der Waals surface area contributed by atoms with Gasteiger partial charge in [-0.3, -0.25) is 4.79 Å². The maximum Gasteiger partial charge on any atom is 0.257 e. The van der Waals surface area contributed by atoms with E-state index in [4.69, 9.17) is 14.5 Å². The molecular weight excluding hydrogens is 440 g/mol. The van der Waals surface area contributed by atoms with Crippen LogP contribution in [0.5, 0.6) is 11.5 Å². The van der Waals surface area contributed by atoms with Gasteiger partial charge in [-0.25, -0.2) is 4.98 Å². The minimum atomic E-state index is -0.0285. The second kappa shape index (κ2) is 8.09. The van der Waals surface area contributed by atoms with Crippen LogP contribution in [0.3, 0.4) is 0 Å². The quantitative estimate of drug-likeness (QED) is 0.543. The molecule has 146 valence electrons. The highest BCUT2D eigenvalue weighted by Gasteiger charge is 2.28. The van der Waals surface area contributed by atoms with Crippen LogP contribution in [0.1, 0.15) is 34.1 Å².